The van der Waals surface area contributed by atoms with Crippen molar-refractivity contribution in [2.45, 2.75) is 12.3 Å². The number of benzene rings is 2. The third kappa shape index (κ3) is 5.62. The first-order chi connectivity index (χ1) is 15.1. The van der Waals surface area contributed by atoms with Crippen LogP contribution in [0.5, 0.6) is 5.75 Å². The zero-order valence-electron chi connectivity index (χ0n) is 17.6. The third-order valence-corrected chi connectivity index (χ3v) is 5.98. The molecule has 2 aromatic rings. The minimum absolute atomic E-state index is 0.0940. The first kappa shape index (κ1) is 21.3. The standard InChI is InChI=1S/C24H29N3O4/c25-24(29)20-8-4-5-9-22(20)31-16-23(28)27-12-10-26(11-13-27)17-30-15-19-14-21(19)18-6-2-1-3-7-18/h1-9,19,21H,10-17H2,(H2,25,29)/t19-,21-/m0/s1. The monoisotopic (exact) mass is 423 g/mol. The molecule has 1 saturated carbocycles. The van der Waals surface area contributed by atoms with Crippen LogP contribution in [0.1, 0.15) is 28.3 Å². The second kappa shape index (κ2) is 9.94. The minimum atomic E-state index is -0.571. The van der Waals surface area contributed by atoms with Crippen molar-refractivity contribution in [3.8, 4) is 5.75 Å². The summed E-state index contributed by atoms with van der Waals surface area (Å²) in [6.07, 6.45) is 1.20. The molecule has 2 fully saturated rings. The molecular weight excluding hydrogens is 394 g/mol. The van der Waals surface area contributed by atoms with E-state index in [2.05, 4.69) is 29.2 Å². The van der Waals surface area contributed by atoms with Crippen molar-refractivity contribution in [2.75, 3.05) is 46.1 Å². The Kier molecular flexibility index (Phi) is 6.84. The maximum atomic E-state index is 12.5. The molecule has 0 radical (unpaired) electrons. The molecule has 1 aliphatic heterocycles. The molecule has 4 rings (SSSR count). The number of amides is 2. The molecule has 1 heterocycles. The number of carbonyl (C=O) groups is 2. The van der Waals surface area contributed by atoms with Crippen molar-refractivity contribution in [1.82, 2.24) is 9.80 Å². The van der Waals surface area contributed by atoms with E-state index < -0.39 is 5.91 Å². The van der Waals surface area contributed by atoms with E-state index in [-0.39, 0.29) is 18.1 Å². The number of ether oxygens (including phenoxy) is 2. The number of rotatable bonds is 9. The lowest BCUT2D eigenvalue weighted by molar-refractivity contribution is -0.136. The Morgan fingerprint density at radius 3 is 2.42 bits per heavy atom. The molecule has 0 spiro atoms. The molecule has 0 aromatic heterocycles. The van der Waals surface area contributed by atoms with Gasteiger partial charge in [-0.25, -0.2) is 0 Å². The summed E-state index contributed by atoms with van der Waals surface area (Å²) in [5.74, 6) is 0.923. The first-order valence-electron chi connectivity index (χ1n) is 10.8. The average Bonchev–Trinajstić information content (AvgIpc) is 3.58. The van der Waals surface area contributed by atoms with Gasteiger partial charge >= 0.3 is 0 Å². The summed E-state index contributed by atoms with van der Waals surface area (Å²) < 4.78 is 11.5. The highest BCUT2D eigenvalue weighted by atomic mass is 16.5. The quantitative estimate of drug-likeness (QED) is 0.668. The Hall–Kier alpha value is -2.90. The maximum Gasteiger partial charge on any atom is 0.260 e. The molecule has 2 atom stereocenters. The van der Waals surface area contributed by atoms with E-state index >= 15 is 0 Å². The summed E-state index contributed by atoms with van der Waals surface area (Å²) in [6.45, 7) is 4.10. The normalized spacial score (nSPS) is 21.0. The van der Waals surface area contributed by atoms with Crippen molar-refractivity contribution < 1.29 is 19.1 Å². The highest BCUT2D eigenvalue weighted by Crippen LogP contribution is 2.47. The van der Waals surface area contributed by atoms with Crippen LogP contribution >= 0.6 is 0 Å². The number of nitrogens with zero attached hydrogens (tertiary/aromatic N) is 2. The van der Waals surface area contributed by atoms with Gasteiger partial charge in [0.2, 0.25) is 0 Å². The van der Waals surface area contributed by atoms with Gasteiger partial charge in [-0.1, -0.05) is 42.5 Å². The fourth-order valence-corrected chi connectivity index (χ4v) is 4.03. The van der Waals surface area contributed by atoms with Crippen LogP contribution in [-0.4, -0.2) is 67.7 Å². The van der Waals surface area contributed by atoms with Gasteiger partial charge in [0, 0.05) is 26.2 Å². The molecule has 7 nitrogen and oxygen atoms in total. The van der Waals surface area contributed by atoms with E-state index in [4.69, 9.17) is 15.2 Å². The van der Waals surface area contributed by atoms with Gasteiger partial charge in [-0.2, -0.15) is 0 Å². The predicted molar refractivity (Wildman–Crippen MR) is 117 cm³/mol. The fourth-order valence-electron chi connectivity index (χ4n) is 4.03. The molecule has 2 aromatic carbocycles. The number of para-hydroxylation sites is 1. The zero-order valence-corrected chi connectivity index (χ0v) is 17.6. The van der Waals surface area contributed by atoms with Crippen molar-refractivity contribution in [3.63, 3.8) is 0 Å². The second-order valence-electron chi connectivity index (χ2n) is 8.16. The number of nitrogens with two attached hydrogens (primary N) is 1. The van der Waals surface area contributed by atoms with Crippen LogP contribution < -0.4 is 10.5 Å². The van der Waals surface area contributed by atoms with Crippen LogP contribution in [0.4, 0.5) is 0 Å². The molecule has 7 heteroatoms. The highest BCUT2D eigenvalue weighted by molar-refractivity contribution is 5.95. The van der Waals surface area contributed by atoms with Crippen LogP contribution in [0.25, 0.3) is 0 Å². The van der Waals surface area contributed by atoms with Gasteiger partial charge in [-0.15, -0.1) is 0 Å². The summed E-state index contributed by atoms with van der Waals surface area (Å²) in [6, 6.07) is 17.3. The number of primary amides is 1. The molecule has 2 aliphatic rings. The molecule has 1 aliphatic carbocycles. The lowest BCUT2D eigenvalue weighted by atomic mass is 10.1. The summed E-state index contributed by atoms with van der Waals surface area (Å²) in [5, 5.41) is 0. The number of piperazine rings is 1. The van der Waals surface area contributed by atoms with Gasteiger partial charge in [0.15, 0.2) is 6.61 Å². The molecular formula is C24H29N3O4. The summed E-state index contributed by atoms with van der Waals surface area (Å²) in [4.78, 5) is 27.9. The predicted octanol–water partition coefficient (Wildman–Crippen LogP) is 2.09. The van der Waals surface area contributed by atoms with Gasteiger partial charge in [0.25, 0.3) is 11.8 Å². The van der Waals surface area contributed by atoms with Crippen LogP contribution in [0.2, 0.25) is 0 Å². The van der Waals surface area contributed by atoms with E-state index in [1.165, 1.54) is 12.0 Å². The third-order valence-electron chi connectivity index (χ3n) is 5.98. The van der Waals surface area contributed by atoms with Crippen molar-refractivity contribution in [3.05, 3.63) is 65.7 Å². The lowest BCUT2D eigenvalue weighted by Gasteiger charge is -2.34. The minimum Gasteiger partial charge on any atom is -0.483 e. The van der Waals surface area contributed by atoms with Gasteiger partial charge in [0.1, 0.15) is 5.75 Å². The summed E-state index contributed by atoms with van der Waals surface area (Å²) in [5.41, 5.74) is 7.03. The van der Waals surface area contributed by atoms with Crippen molar-refractivity contribution >= 4 is 11.8 Å². The zero-order chi connectivity index (χ0) is 21.6. The highest BCUT2D eigenvalue weighted by Gasteiger charge is 2.38. The molecule has 0 bridgehead atoms. The van der Waals surface area contributed by atoms with Crippen LogP contribution in [0.15, 0.2) is 54.6 Å². The Balaban J connectivity index is 1.13. The first-order valence-corrected chi connectivity index (χ1v) is 10.8. The van der Waals surface area contributed by atoms with E-state index in [1.807, 2.05) is 6.07 Å². The molecule has 31 heavy (non-hydrogen) atoms. The molecule has 0 unspecified atom stereocenters. The van der Waals surface area contributed by atoms with Crippen molar-refractivity contribution in [2.24, 2.45) is 11.7 Å². The van der Waals surface area contributed by atoms with E-state index in [0.29, 0.717) is 37.4 Å². The second-order valence-corrected chi connectivity index (χ2v) is 8.16. The Labute approximate surface area is 182 Å². The molecule has 2 N–H and O–H groups in total. The van der Waals surface area contributed by atoms with Gasteiger partial charge in [-0.05, 0) is 36.0 Å². The van der Waals surface area contributed by atoms with Gasteiger partial charge in [0.05, 0.1) is 18.9 Å². The average molecular weight is 424 g/mol. The van der Waals surface area contributed by atoms with Gasteiger partial charge < -0.3 is 20.1 Å². The number of carbonyl (C=O) groups excluding carboxylic acids is 2. The Morgan fingerprint density at radius 1 is 0.968 bits per heavy atom. The number of hydrogen-bond donors (Lipinski definition) is 1. The smallest absolute Gasteiger partial charge is 0.260 e. The Bertz CT molecular complexity index is 897. The number of hydrogen-bond acceptors (Lipinski definition) is 5. The van der Waals surface area contributed by atoms with E-state index in [9.17, 15) is 9.59 Å². The van der Waals surface area contributed by atoms with Crippen molar-refractivity contribution in [1.29, 1.82) is 0 Å². The molecule has 2 amide bonds. The maximum absolute atomic E-state index is 12.5. The van der Waals surface area contributed by atoms with E-state index in [1.54, 1.807) is 29.2 Å². The SMILES string of the molecule is NC(=O)c1ccccc1OCC(=O)N1CCN(COC[C@@H]2C[C@H]2c2ccccc2)CC1. The van der Waals surface area contributed by atoms with Crippen LogP contribution in [0, 0.1) is 5.92 Å². The fraction of sp³-hybridized carbons (Fsp3) is 0.417. The largest absolute Gasteiger partial charge is 0.483 e. The Morgan fingerprint density at radius 2 is 1.68 bits per heavy atom. The molecule has 1 saturated heterocycles. The lowest BCUT2D eigenvalue weighted by Crippen LogP contribution is -2.50. The van der Waals surface area contributed by atoms with Crippen LogP contribution in [0.3, 0.4) is 0 Å². The van der Waals surface area contributed by atoms with E-state index in [0.717, 1.165) is 19.7 Å². The topological polar surface area (TPSA) is 85.1 Å². The summed E-state index contributed by atoms with van der Waals surface area (Å²) >= 11 is 0. The molecule has 164 valence electrons. The van der Waals surface area contributed by atoms with Gasteiger partial charge in [-0.3, -0.25) is 14.5 Å². The van der Waals surface area contributed by atoms with Crippen LogP contribution in [-0.2, 0) is 9.53 Å². The summed E-state index contributed by atoms with van der Waals surface area (Å²) in [7, 11) is 0.